The van der Waals surface area contributed by atoms with E-state index in [0.29, 0.717) is 15.2 Å². The summed E-state index contributed by atoms with van der Waals surface area (Å²) in [5, 5.41) is 0.411. The van der Waals surface area contributed by atoms with Gasteiger partial charge in [0, 0.05) is 15.7 Å². The summed E-state index contributed by atoms with van der Waals surface area (Å²) in [4.78, 5) is 3.79. The van der Waals surface area contributed by atoms with Gasteiger partial charge in [-0.25, -0.2) is 19.2 Å². The van der Waals surface area contributed by atoms with Crippen molar-refractivity contribution in [1.29, 1.82) is 0 Å². The van der Waals surface area contributed by atoms with Crippen LogP contribution in [0.5, 0.6) is 0 Å². The fourth-order valence-electron chi connectivity index (χ4n) is 1.49. The first-order chi connectivity index (χ1) is 9.44. The zero-order valence-corrected chi connectivity index (χ0v) is 13.1. The first kappa shape index (κ1) is 15.0. The topological polar surface area (TPSA) is 97.1 Å². The summed E-state index contributed by atoms with van der Waals surface area (Å²) in [5.41, 5.74) is 2.57. The van der Waals surface area contributed by atoms with Crippen LogP contribution in [0.2, 0.25) is 5.02 Å². The Balaban J connectivity index is 2.43. The van der Waals surface area contributed by atoms with Crippen LogP contribution >= 0.6 is 27.5 Å². The zero-order chi connectivity index (χ0) is 14.8. The maximum atomic E-state index is 12.3. The van der Waals surface area contributed by atoms with E-state index in [-0.39, 0.29) is 10.7 Å². The highest BCUT2D eigenvalue weighted by atomic mass is 79.9. The normalized spacial score (nSPS) is 11.2. The van der Waals surface area contributed by atoms with Gasteiger partial charge in [-0.3, -0.25) is 4.72 Å². The summed E-state index contributed by atoms with van der Waals surface area (Å²) in [6, 6.07) is 7.67. The lowest BCUT2D eigenvalue weighted by atomic mass is 10.3. The lowest BCUT2D eigenvalue weighted by molar-refractivity contribution is 0.601. The molecule has 1 heterocycles. The van der Waals surface area contributed by atoms with E-state index in [1.165, 1.54) is 24.4 Å². The van der Waals surface area contributed by atoms with E-state index in [9.17, 15) is 8.42 Å². The maximum absolute atomic E-state index is 12.3. The molecule has 0 atom stereocenters. The highest BCUT2D eigenvalue weighted by Crippen LogP contribution is 2.29. The molecule has 0 aliphatic carbocycles. The number of nitrogens with one attached hydrogen (secondary N) is 2. The van der Waals surface area contributed by atoms with E-state index in [4.69, 9.17) is 17.4 Å². The quantitative estimate of drug-likeness (QED) is 0.562. The fraction of sp³-hybridized carbons (Fsp3) is 0. The molecule has 20 heavy (non-hydrogen) atoms. The van der Waals surface area contributed by atoms with Crippen molar-refractivity contribution in [3.8, 4) is 0 Å². The molecule has 0 aliphatic heterocycles. The van der Waals surface area contributed by atoms with Gasteiger partial charge in [0.05, 0.1) is 5.69 Å². The Labute approximate surface area is 129 Å². The van der Waals surface area contributed by atoms with Crippen LogP contribution < -0.4 is 16.0 Å². The highest BCUT2D eigenvalue weighted by Gasteiger charge is 2.20. The molecule has 1 aromatic heterocycles. The fourth-order valence-corrected chi connectivity index (χ4v) is 3.33. The second-order valence-electron chi connectivity index (χ2n) is 3.72. The van der Waals surface area contributed by atoms with Crippen molar-refractivity contribution in [2.75, 3.05) is 10.1 Å². The Hall–Kier alpha value is -1.35. The predicted octanol–water partition coefficient (Wildman–Crippen LogP) is 2.58. The third kappa shape index (κ3) is 3.21. The van der Waals surface area contributed by atoms with E-state index in [1.807, 2.05) is 0 Å². The van der Waals surface area contributed by atoms with E-state index in [2.05, 4.69) is 31.1 Å². The number of nitrogen functional groups attached to an aromatic ring is 1. The molecule has 0 radical (unpaired) electrons. The lowest BCUT2D eigenvalue weighted by Crippen LogP contribution is -2.18. The molecule has 1 aromatic carbocycles. The molecule has 0 unspecified atom stereocenters. The average Bonchev–Trinajstić information content (AvgIpc) is 2.42. The molecule has 0 bridgehead atoms. The Kier molecular flexibility index (Phi) is 4.48. The van der Waals surface area contributed by atoms with Crippen molar-refractivity contribution >= 4 is 49.1 Å². The van der Waals surface area contributed by atoms with Gasteiger partial charge in [0.15, 0.2) is 5.82 Å². The molecular formula is C11H10BrClN4O2S. The smallest absolute Gasteiger partial charge is 0.265 e. The Morgan fingerprint density at radius 2 is 2.05 bits per heavy atom. The van der Waals surface area contributed by atoms with Crippen molar-refractivity contribution in [3.05, 3.63) is 46.0 Å². The monoisotopic (exact) mass is 376 g/mol. The molecule has 6 nitrogen and oxygen atoms in total. The van der Waals surface area contributed by atoms with Crippen LogP contribution in [0.4, 0.5) is 11.5 Å². The van der Waals surface area contributed by atoms with Crippen LogP contribution in [0.25, 0.3) is 0 Å². The number of pyridine rings is 1. The Bertz CT molecular complexity index is 739. The number of nitrogens with two attached hydrogens (primary N) is 1. The van der Waals surface area contributed by atoms with Gasteiger partial charge >= 0.3 is 0 Å². The van der Waals surface area contributed by atoms with E-state index in [0.717, 1.165) is 0 Å². The average molecular weight is 378 g/mol. The van der Waals surface area contributed by atoms with Crippen molar-refractivity contribution < 1.29 is 8.42 Å². The van der Waals surface area contributed by atoms with Crippen LogP contribution in [0.1, 0.15) is 0 Å². The van der Waals surface area contributed by atoms with Crippen LogP contribution in [0.15, 0.2) is 45.9 Å². The van der Waals surface area contributed by atoms with Gasteiger partial charge in [0.2, 0.25) is 0 Å². The largest absolute Gasteiger partial charge is 0.307 e. The molecule has 4 N–H and O–H groups in total. The molecule has 106 valence electrons. The lowest BCUT2D eigenvalue weighted by Gasteiger charge is -2.12. The van der Waals surface area contributed by atoms with Crippen molar-refractivity contribution in [1.82, 2.24) is 4.98 Å². The van der Waals surface area contributed by atoms with Crippen molar-refractivity contribution in [3.63, 3.8) is 0 Å². The molecular weight excluding hydrogens is 368 g/mol. The molecule has 2 rings (SSSR count). The van der Waals surface area contributed by atoms with Crippen LogP contribution in [-0.4, -0.2) is 13.4 Å². The number of sulfonamides is 1. The number of hydrazine groups is 1. The number of hydrogen-bond donors (Lipinski definition) is 3. The second kappa shape index (κ2) is 5.96. The van der Waals surface area contributed by atoms with E-state index in [1.54, 1.807) is 12.1 Å². The summed E-state index contributed by atoms with van der Waals surface area (Å²) < 4.78 is 27.7. The molecule has 0 spiro atoms. The third-order valence-corrected chi connectivity index (χ3v) is 4.69. The van der Waals surface area contributed by atoms with E-state index < -0.39 is 10.0 Å². The summed E-state index contributed by atoms with van der Waals surface area (Å²) in [6.45, 7) is 0. The maximum Gasteiger partial charge on any atom is 0.265 e. The Morgan fingerprint density at radius 1 is 1.30 bits per heavy atom. The molecule has 0 saturated carbocycles. The summed E-state index contributed by atoms with van der Waals surface area (Å²) >= 11 is 9.10. The van der Waals surface area contributed by atoms with Gasteiger partial charge in [-0.05, 0) is 46.3 Å². The van der Waals surface area contributed by atoms with Gasteiger partial charge in [-0.2, -0.15) is 0 Å². The molecule has 0 aliphatic rings. The minimum atomic E-state index is -3.84. The minimum absolute atomic E-state index is 0.0538. The molecule has 0 saturated heterocycles. The van der Waals surface area contributed by atoms with Crippen LogP contribution in [-0.2, 0) is 10.0 Å². The minimum Gasteiger partial charge on any atom is -0.307 e. The van der Waals surface area contributed by atoms with Gasteiger partial charge in [-0.15, -0.1) is 0 Å². The van der Waals surface area contributed by atoms with Gasteiger partial charge in [-0.1, -0.05) is 11.6 Å². The first-order valence-corrected chi connectivity index (χ1v) is 7.99. The van der Waals surface area contributed by atoms with Crippen LogP contribution in [0, 0.1) is 0 Å². The first-order valence-electron chi connectivity index (χ1n) is 5.33. The molecule has 9 heteroatoms. The molecule has 0 amide bonds. The highest BCUT2D eigenvalue weighted by molar-refractivity contribution is 9.10. The third-order valence-electron chi connectivity index (χ3n) is 2.37. The SMILES string of the molecule is NNc1ncccc1S(=O)(=O)Nc1cc(Cl)ccc1Br. The number of benzene rings is 1. The number of nitrogens with zero attached hydrogens (tertiary/aromatic N) is 1. The summed E-state index contributed by atoms with van der Waals surface area (Å²) in [6.07, 6.45) is 1.43. The summed E-state index contributed by atoms with van der Waals surface area (Å²) in [7, 11) is -3.84. The van der Waals surface area contributed by atoms with Crippen molar-refractivity contribution in [2.45, 2.75) is 4.90 Å². The zero-order valence-electron chi connectivity index (χ0n) is 9.97. The molecule has 0 fully saturated rings. The number of rotatable bonds is 4. The Morgan fingerprint density at radius 3 is 2.75 bits per heavy atom. The van der Waals surface area contributed by atoms with Gasteiger partial charge in [0.1, 0.15) is 4.90 Å². The second-order valence-corrected chi connectivity index (χ2v) is 6.67. The molecule has 2 aromatic rings. The summed E-state index contributed by atoms with van der Waals surface area (Å²) in [5.74, 6) is 5.31. The van der Waals surface area contributed by atoms with Crippen molar-refractivity contribution in [2.24, 2.45) is 5.84 Å². The van der Waals surface area contributed by atoms with Crippen LogP contribution in [0.3, 0.4) is 0 Å². The number of aromatic nitrogens is 1. The number of anilines is 2. The predicted molar refractivity (Wildman–Crippen MR) is 82.0 cm³/mol. The standard InChI is InChI=1S/C11H10BrClN4O2S/c12-8-4-3-7(13)6-9(8)17-20(18,19)10-2-1-5-15-11(10)16-14/h1-6,17H,14H2,(H,15,16). The number of halogens is 2. The number of hydrogen-bond acceptors (Lipinski definition) is 5. The van der Waals surface area contributed by atoms with Gasteiger partial charge < -0.3 is 5.43 Å². The van der Waals surface area contributed by atoms with E-state index >= 15 is 0 Å². The van der Waals surface area contributed by atoms with Gasteiger partial charge in [0.25, 0.3) is 10.0 Å².